The number of esters is 1. The van der Waals surface area contributed by atoms with Gasteiger partial charge in [0.05, 0.1) is 24.5 Å². The molecule has 1 spiro atoms. The highest BCUT2D eigenvalue weighted by atomic mass is 79.9. The number of alkyl halides is 1. The molecule has 0 aliphatic carbocycles. The predicted octanol–water partition coefficient (Wildman–Crippen LogP) is 2.66. The Balaban J connectivity index is 1.95. The maximum absolute atomic E-state index is 14.0. The Morgan fingerprint density at radius 2 is 2.03 bits per heavy atom. The van der Waals surface area contributed by atoms with Crippen LogP contribution < -0.4 is 0 Å². The number of ether oxygens (including phenoxy) is 2. The Bertz CT molecular complexity index is 764. The van der Waals surface area contributed by atoms with Gasteiger partial charge in [0, 0.05) is 31.1 Å². The first kappa shape index (κ1) is 27.1. The van der Waals surface area contributed by atoms with Crippen molar-refractivity contribution in [2.24, 2.45) is 11.8 Å². The van der Waals surface area contributed by atoms with Crippen LogP contribution in [0.2, 0.25) is 0 Å². The van der Waals surface area contributed by atoms with Crippen molar-refractivity contribution in [3.63, 3.8) is 0 Å². The van der Waals surface area contributed by atoms with Crippen LogP contribution in [0.4, 0.5) is 0 Å². The number of amides is 2. The Morgan fingerprint density at radius 1 is 1.29 bits per heavy atom. The molecule has 9 heteroatoms. The van der Waals surface area contributed by atoms with Gasteiger partial charge in [0.25, 0.3) is 0 Å². The van der Waals surface area contributed by atoms with Crippen LogP contribution in [0.1, 0.15) is 58.8 Å². The summed E-state index contributed by atoms with van der Waals surface area (Å²) in [5.74, 6) is -2.18. The lowest BCUT2D eigenvalue weighted by molar-refractivity contribution is -0.154. The number of aliphatic hydroxyl groups is 1. The SMILES string of the molecule is C=CCN(CCCC)C(=O)[C@@H]1N(CCCCCCO)C(=O)[C@H]2[C@H](C(=O)OCC)[C@H]3O[C@@]12CC3Br. The summed E-state index contributed by atoms with van der Waals surface area (Å²) in [6.07, 6.45) is 6.66. The fourth-order valence-electron chi connectivity index (χ4n) is 5.87. The fourth-order valence-corrected chi connectivity index (χ4v) is 6.82. The number of unbranched alkanes of at least 4 members (excludes halogenated alkanes) is 4. The molecule has 1 N–H and O–H groups in total. The summed E-state index contributed by atoms with van der Waals surface area (Å²) in [7, 11) is 0. The number of rotatable bonds is 14. The highest BCUT2D eigenvalue weighted by Crippen LogP contribution is 2.60. The molecule has 3 rings (SSSR count). The smallest absolute Gasteiger partial charge is 0.312 e. The topological polar surface area (TPSA) is 96.4 Å². The lowest BCUT2D eigenvalue weighted by Gasteiger charge is -2.37. The van der Waals surface area contributed by atoms with Gasteiger partial charge in [-0.1, -0.05) is 48.2 Å². The van der Waals surface area contributed by atoms with Crippen LogP contribution in [0.15, 0.2) is 12.7 Å². The lowest BCUT2D eigenvalue weighted by Crippen LogP contribution is -2.57. The van der Waals surface area contributed by atoms with Gasteiger partial charge in [0.15, 0.2) is 0 Å². The first-order valence-corrected chi connectivity index (χ1v) is 13.6. The maximum Gasteiger partial charge on any atom is 0.312 e. The van der Waals surface area contributed by atoms with E-state index in [1.54, 1.807) is 22.8 Å². The van der Waals surface area contributed by atoms with Gasteiger partial charge in [-0.2, -0.15) is 0 Å². The van der Waals surface area contributed by atoms with Gasteiger partial charge in [-0.25, -0.2) is 0 Å². The van der Waals surface area contributed by atoms with Gasteiger partial charge in [0.1, 0.15) is 11.6 Å². The number of hydrogen-bond donors (Lipinski definition) is 1. The second kappa shape index (κ2) is 12.0. The van der Waals surface area contributed by atoms with Crippen LogP contribution in [0.5, 0.6) is 0 Å². The molecule has 0 radical (unpaired) electrons. The molecule has 2 bridgehead atoms. The number of carbonyl (C=O) groups is 3. The number of halogens is 1. The van der Waals surface area contributed by atoms with Crippen molar-refractivity contribution in [2.75, 3.05) is 32.8 Å². The third-order valence-corrected chi connectivity index (χ3v) is 8.18. The van der Waals surface area contributed by atoms with E-state index >= 15 is 0 Å². The average molecular weight is 543 g/mol. The zero-order chi connectivity index (χ0) is 24.9. The Morgan fingerprint density at radius 3 is 2.68 bits per heavy atom. The number of aliphatic hydroxyl groups excluding tert-OH is 1. The minimum Gasteiger partial charge on any atom is -0.466 e. The molecule has 3 heterocycles. The normalized spacial score (nSPS) is 31.6. The summed E-state index contributed by atoms with van der Waals surface area (Å²) in [6.45, 7) is 9.41. The van der Waals surface area contributed by atoms with Crippen molar-refractivity contribution in [3.05, 3.63) is 12.7 Å². The second-order valence-corrected chi connectivity index (χ2v) is 10.7. The Hall–Kier alpha value is -1.45. The molecular formula is C25H39BrN2O6. The first-order valence-electron chi connectivity index (χ1n) is 12.7. The van der Waals surface area contributed by atoms with Gasteiger partial charge in [-0.05, 0) is 32.6 Å². The van der Waals surface area contributed by atoms with Crippen molar-refractivity contribution in [2.45, 2.75) is 81.4 Å². The van der Waals surface area contributed by atoms with Crippen molar-refractivity contribution in [3.8, 4) is 0 Å². The standard InChI is InChI=1S/C25H39BrN2O6/c1-4-7-13-27(12-5-2)23(31)21-25-16-17(26)20(34-25)18(24(32)33-6-3)19(25)22(30)28(21)14-10-8-9-11-15-29/h5,17-21,29H,2,4,6-16H2,1,3H3/t17?,18-,19+,20-,21-,25+/m0/s1. The van der Waals surface area contributed by atoms with E-state index in [1.165, 1.54) is 0 Å². The van der Waals surface area contributed by atoms with Crippen LogP contribution in [0.3, 0.4) is 0 Å². The minimum absolute atomic E-state index is 0.130. The summed E-state index contributed by atoms with van der Waals surface area (Å²) in [5, 5.41) is 9.06. The molecule has 1 unspecified atom stereocenters. The maximum atomic E-state index is 14.0. The van der Waals surface area contributed by atoms with E-state index in [1.807, 2.05) is 0 Å². The third kappa shape index (κ3) is 4.93. The van der Waals surface area contributed by atoms with E-state index in [9.17, 15) is 14.4 Å². The summed E-state index contributed by atoms with van der Waals surface area (Å²) in [4.78, 5) is 44.1. The quantitative estimate of drug-likeness (QED) is 0.157. The molecule has 0 aromatic heterocycles. The highest BCUT2D eigenvalue weighted by Gasteiger charge is 2.76. The number of likely N-dealkylation sites (tertiary alicyclic amines) is 1. The summed E-state index contributed by atoms with van der Waals surface area (Å²) in [5.41, 5.74) is -1.04. The van der Waals surface area contributed by atoms with Gasteiger partial charge in [-0.15, -0.1) is 6.58 Å². The second-order valence-electron chi connectivity index (χ2n) is 9.51. The van der Waals surface area contributed by atoms with Crippen LogP contribution in [-0.2, 0) is 23.9 Å². The van der Waals surface area contributed by atoms with E-state index < -0.39 is 35.6 Å². The van der Waals surface area contributed by atoms with Gasteiger partial charge in [0.2, 0.25) is 11.8 Å². The van der Waals surface area contributed by atoms with E-state index in [2.05, 4.69) is 29.4 Å². The summed E-state index contributed by atoms with van der Waals surface area (Å²) < 4.78 is 11.8. The van der Waals surface area contributed by atoms with Crippen molar-refractivity contribution < 1.29 is 29.0 Å². The van der Waals surface area contributed by atoms with Crippen LogP contribution in [0.25, 0.3) is 0 Å². The summed E-state index contributed by atoms with van der Waals surface area (Å²) in [6, 6.07) is -0.774. The largest absolute Gasteiger partial charge is 0.466 e. The van der Waals surface area contributed by atoms with Crippen molar-refractivity contribution in [1.29, 1.82) is 0 Å². The first-order chi connectivity index (χ1) is 16.4. The van der Waals surface area contributed by atoms with E-state index in [4.69, 9.17) is 14.6 Å². The fraction of sp³-hybridized carbons (Fsp3) is 0.800. The molecule has 0 aromatic rings. The van der Waals surface area contributed by atoms with Crippen molar-refractivity contribution >= 4 is 33.7 Å². The van der Waals surface area contributed by atoms with Crippen LogP contribution >= 0.6 is 15.9 Å². The molecule has 2 amide bonds. The Labute approximate surface area is 211 Å². The number of hydrogen-bond acceptors (Lipinski definition) is 6. The molecule has 8 nitrogen and oxygen atoms in total. The minimum atomic E-state index is -1.04. The lowest BCUT2D eigenvalue weighted by atomic mass is 9.70. The number of nitrogens with zero attached hydrogens (tertiary/aromatic N) is 2. The number of fused-ring (bicyclic) bond motifs is 1. The molecule has 3 aliphatic heterocycles. The molecule has 3 fully saturated rings. The van der Waals surface area contributed by atoms with Gasteiger partial charge in [-0.3, -0.25) is 14.4 Å². The molecule has 3 aliphatic rings. The highest BCUT2D eigenvalue weighted by molar-refractivity contribution is 9.09. The molecule has 3 saturated heterocycles. The Kier molecular flexibility index (Phi) is 9.57. The van der Waals surface area contributed by atoms with Crippen LogP contribution in [0, 0.1) is 11.8 Å². The zero-order valence-corrected chi connectivity index (χ0v) is 22.0. The monoisotopic (exact) mass is 542 g/mol. The third-order valence-electron chi connectivity index (χ3n) is 7.33. The van der Waals surface area contributed by atoms with E-state index in [0.29, 0.717) is 32.5 Å². The van der Waals surface area contributed by atoms with Crippen molar-refractivity contribution in [1.82, 2.24) is 9.80 Å². The predicted molar refractivity (Wildman–Crippen MR) is 131 cm³/mol. The summed E-state index contributed by atoms with van der Waals surface area (Å²) >= 11 is 3.67. The molecule has 6 atom stereocenters. The van der Waals surface area contributed by atoms with Crippen LogP contribution in [-0.4, -0.2) is 88.1 Å². The molecular weight excluding hydrogens is 504 g/mol. The molecule has 192 valence electrons. The van der Waals surface area contributed by atoms with E-state index in [-0.39, 0.29) is 29.9 Å². The zero-order valence-electron chi connectivity index (χ0n) is 20.4. The number of carbonyl (C=O) groups excluding carboxylic acids is 3. The van der Waals surface area contributed by atoms with Gasteiger partial charge >= 0.3 is 5.97 Å². The van der Waals surface area contributed by atoms with E-state index in [0.717, 1.165) is 32.1 Å². The average Bonchev–Trinajstić information content (AvgIpc) is 3.40. The van der Waals surface area contributed by atoms with Gasteiger partial charge < -0.3 is 24.4 Å². The molecule has 34 heavy (non-hydrogen) atoms. The molecule has 0 saturated carbocycles. The molecule has 0 aromatic carbocycles.